The molecule has 2 aromatic carbocycles. The number of piperidine rings is 1. The van der Waals surface area contributed by atoms with Gasteiger partial charge in [-0.15, -0.1) is 0 Å². The van der Waals surface area contributed by atoms with Crippen molar-refractivity contribution < 1.29 is 9.53 Å². The first-order valence-electron chi connectivity index (χ1n) is 12.9. The number of benzene rings is 2. The number of aryl methyl sites for hydroxylation is 2. The molecule has 5 rings (SSSR count). The first-order valence-corrected chi connectivity index (χ1v) is 12.9. The summed E-state index contributed by atoms with van der Waals surface area (Å²) in [6, 6.07) is 14.7. The average Bonchev–Trinajstić information content (AvgIpc) is 3.31. The van der Waals surface area contributed by atoms with E-state index in [0.29, 0.717) is 23.6 Å². The number of anilines is 2. The van der Waals surface area contributed by atoms with Crippen LogP contribution in [0.15, 0.2) is 55.2 Å². The number of methoxy groups -OCH3 is 1. The van der Waals surface area contributed by atoms with Crippen LogP contribution in [0.1, 0.15) is 58.1 Å². The van der Waals surface area contributed by atoms with Crippen LogP contribution < -0.4 is 5.32 Å². The van der Waals surface area contributed by atoms with Gasteiger partial charge in [0.25, 0.3) is 0 Å². The van der Waals surface area contributed by atoms with Crippen LogP contribution in [0, 0.1) is 13.8 Å². The minimum Gasteiger partial charge on any atom is -0.465 e. The fourth-order valence-corrected chi connectivity index (χ4v) is 5.66. The predicted octanol–water partition coefficient (Wildman–Crippen LogP) is 5.46. The first-order chi connectivity index (χ1) is 17.8. The number of rotatable bonds is 6. The van der Waals surface area contributed by atoms with Gasteiger partial charge >= 0.3 is 5.97 Å². The Kier molecular flexibility index (Phi) is 6.98. The lowest BCUT2D eigenvalue weighted by Crippen LogP contribution is -2.46. The number of ether oxygens (including phenoxy) is 1. The number of aromatic nitrogens is 2. The molecule has 0 spiro atoms. The monoisotopic (exact) mass is 497 g/mol. The molecule has 3 aromatic rings. The van der Waals surface area contributed by atoms with Crippen LogP contribution in [0.5, 0.6) is 0 Å². The molecule has 0 saturated carbocycles. The van der Waals surface area contributed by atoms with Crippen LogP contribution >= 0.6 is 0 Å². The third-order valence-corrected chi connectivity index (χ3v) is 7.49. The molecule has 37 heavy (non-hydrogen) atoms. The average molecular weight is 498 g/mol. The smallest absolute Gasteiger partial charge is 0.337 e. The first kappa shape index (κ1) is 25.0. The minimum atomic E-state index is -0.328. The van der Waals surface area contributed by atoms with E-state index in [2.05, 4.69) is 65.6 Å². The Morgan fingerprint density at radius 2 is 1.86 bits per heavy atom. The minimum absolute atomic E-state index is 0.328. The lowest BCUT2D eigenvalue weighted by atomic mass is 9.95. The van der Waals surface area contributed by atoms with Crippen molar-refractivity contribution in [2.45, 2.75) is 58.8 Å². The summed E-state index contributed by atoms with van der Waals surface area (Å²) in [5, 5.41) is 3.38. The van der Waals surface area contributed by atoms with E-state index in [1.807, 2.05) is 24.4 Å². The Hall–Kier alpha value is -3.71. The van der Waals surface area contributed by atoms with Crippen LogP contribution in [-0.4, -0.2) is 51.5 Å². The Labute approximate surface area is 219 Å². The zero-order valence-electron chi connectivity index (χ0n) is 22.1. The van der Waals surface area contributed by atoms with Gasteiger partial charge in [-0.05, 0) is 74.6 Å². The number of hydrogen-bond acceptors (Lipinski definition) is 7. The summed E-state index contributed by atoms with van der Waals surface area (Å²) in [5.74, 6) is 0.324. The molecule has 0 bridgehead atoms. The molecule has 7 heteroatoms. The maximum atomic E-state index is 12.0. The van der Waals surface area contributed by atoms with E-state index in [-0.39, 0.29) is 5.97 Å². The highest BCUT2D eigenvalue weighted by atomic mass is 16.5. The Bertz CT molecular complexity index is 1320. The van der Waals surface area contributed by atoms with Crippen LogP contribution in [0.25, 0.3) is 5.70 Å². The predicted molar refractivity (Wildman–Crippen MR) is 146 cm³/mol. The summed E-state index contributed by atoms with van der Waals surface area (Å²) >= 11 is 0. The number of carbonyl (C=O) groups excluding carboxylic acids is 1. The lowest BCUT2D eigenvalue weighted by Gasteiger charge is -2.43. The molecular formula is C30H35N5O2. The van der Waals surface area contributed by atoms with E-state index < -0.39 is 0 Å². The van der Waals surface area contributed by atoms with E-state index in [9.17, 15) is 4.79 Å². The van der Waals surface area contributed by atoms with E-state index in [1.54, 1.807) is 6.07 Å². The van der Waals surface area contributed by atoms with E-state index in [0.717, 1.165) is 55.1 Å². The fraction of sp³-hybridized carbons (Fsp3) is 0.367. The number of esters is 1. The SMILES string of the molecule is C=C(c1cccc(C(=O)OC)c1)N1CC[C@@H](N2Cc3cnc(Nc4cc(C)cc(C)c4)nc3C2)C[C@H]1C. The lowest BCUT2D eigenvalue weighted by molar-refractivity contribution is 0.0600. The molecule has 2 aliphatic heterocycles. The van der Waals surface area contributed by atoms with Gasteiger partial charge in [-0.25, -0.2) is 14.8 Å². The molecular weight excluding hydrogens is 462 g/mol. The summed E-state index contributed by atoms with van der Waals surface area (Å²) in [5.41, 5.74) is 8.24. The molecule has 0 amide bonds. The van der Waals surface area contributed by atoms with Gasteiger partial charge in [0, 0.05) is 54.9 Å². The van der Waals surface area contributed by atoms with Crippen LogP contribution in [0.4, 0.5) is 11.6 Å². The number of nitrogens with zero attached hydrogens (tertiary/aromatic N) is 4. The third-order valence-electron chi connectivity index (χ3n) is 7.49. The number of fused-ring (bicyclic) bond motifs is 1. The summed E-state index contributed by atoms with van der Waals surface area (Å²) in [7, 11) is 1.40. The maximum absolute atomic E-state index is 12.0. The van der Waals surface area contributed by atoms with Crippen molar-refractivity contribution in [2.75, 3.05) is 19.0 Å². The molecule has 1 saturated heterocycles. The number of carbonyl (C=O) groups is 1. The quantitative estimate of drug-likeness (QED) is 0.453. The van der Waals surface area contributed by atoms with Crippen molar-refractivity contribution in [3.63, 3.8) is 0 Å². The van der Waals surface area contributed by atoms with Crippen molar-refractivity contribution in [1.82, 2.24) is 19.8 Å². The molecule has 1 N–H and O–H groups in total. The van der Waals surface area contributed by atoms with Gasteiger partial charge in [0.15, 0.2) is 0 Å². The van der Waals surface area contributed by atoms with Crippen molar-refractivity contribution in [3.8, 4) is 0 Å². The van der Waals surface area contributed by atoms with Gasteiger partial charge < -0.3 is 15.0 Å². The number of hydrogen-bond donors (Lipinski definition) is 1. The molecule has 0 radical (unpaired) electrons. The summed E-state index contributed by atoms with van der Waals surface area (Å²) in [6.07, 6.45) is 4.07. The Morgan fingerprint density at radius 1 is 1.11 bits per heavy atom. The van der Waals surface area contributed by atoms with Crippen LogP contribution in [0.3, 0.4) is 0 Å². The molecule has 2 aliphatic rings. The van der Waals surface area contributed by atoms with E-state index in [1.165, 1.54) is 23.8 Å². The van der Waals surface area contributed by atoms with Gasteiger partial charge in [0.05, 0.1) is 18.4 Å². The second-order valence-corrected chi connectivity index (χ2v) is 10.3. The third kappa shape index (κ3) is 5.37. The van der Waals surface area contributed by atoms with Gasteiger partial charge in [0.1, 0.15) is 0 Å². The van der Waals surface area contributed by atoms with Crippen molar-refractivity contribution in [2.24, 2.45) is 0 Å². The van der Waals surface area contributed by atoms with Gasteiger partial charge in [0.2, 0.25) is 5.95 Å². The van der Waals surface area contributed by atoms with Gasteiger partial charge in [-0.1, -0.05) is 24.8 Å². The van der Waals surface area contributed by atoms with Gasteiger partial charge in [-0.3, -0.25) is 4.90 Å². The van der Waals surface area contributed by atoms with Crippen LogP contribution in [-0.2, 0) is 17.8 Å². The second-order valence-electron chi connectivity index (χ2n) is 10.3. The largest absolute Gasteiger partial charge is 0.465 e. The summed E-state index contributed by atoms with van der Waals surface area (Å²) in [6.45, 7) is 13.5. The molecule has 2 atom stereocenters. The highest BCUT2D eigenvalue weighted by Gasteiger charge is 2.33. The van der Waals surface area contributed by atoms with Crippen molar-refractivity contribution in [3.05, 3.63) is 88.8 Å². The van der Waals surface area contributed by atoms with Crippen LogP contribution in [0.2, 0.25) is 0 Å². The number of nitrogens with one attached hydrogen (secondary N) is 1. The molecule has 7 nitrogen and oxygen atoms in total. The van der Waals surface area contributed by atoms with E-state index in [4.69, 9.17) is 9.72 Å². The normalized spacial score (nSPS) is 19.4. The van der Waals surface area contributed by atoms with Crippen molar-refractivity contribution in [1.29, 1.82) is 0 Å². The summed E-state index contributed by atoms with van der Waals surface area (Å²) in [4.78, 5) is 26.3. The Balaban J connectivity index is 1.22. The molecule has 1 aromatic heterocycles. The zero-order chi connectivity index (χ0) is 26.1. The zero-order valence-corrected chi connectivity index (χ0v) is 22.1. The molecule has 0 unspecified atom stereocenters. The Morgan fingerprint density at radius 3 is 2.59 bits per heavy atom. The maximum Gasteiger partial charge on any atom is 0.337 e. The standard InChI is InChI=1S/C30H35N5O2/c1-19-11-20(2)13-26(12-19)32-30-31-16-25-17-34(18-28(25)33-30)27-9-10-35(21(3)14-27)22(4)23-7-6-8-24(15-23)29(36)37-5/h6-8,11-13,15-16,21,27H,4,9-10,14,17-18H2,1-3,5H3,(H,31,32,33)/t21-,27-/m1/s1. The highest BCUT2D eigenvalue weighted by Crippen LogP contribution is 2.33. The molecule has 1 fully saturated rings. The number of likely N-dealkylation sites (tertiary alicyclic amines) is 1. The molecule has 192 valence electrons. The fourth-order valence-electron chi connectivity index (χ4n) is 5.66. The molecule has 0 aliphatic carbocycles. The van der Waals surface area contributed by atoms with Gasteiger partial charge in [-0.2, -0.15) is 0 Å². The topological polar surface area (TPSA) is 70.6 Å². The van der Waals surface area contributed by atoms with E-state index >= 15 is 0 Å². The van der Waals surface area contributed by atoms with Crippen molar-refractivity contribution >= 4 is 23.3 Å². The summed E-state index contributed by atoms with van der Waals surface area (Å²) < 4.78 is 4.88. The molecule has 3 heterocycles. The highest BCUT2D eigenvalue weighted by molar-refractivity contribution is 5.90. The second kappa shape index (κ2) is 10.3.